The van der Waals surface area contributed by atoms with Crippen molar-refractivity contribution in [3.63, 3.8) is 0 Å². The third-order valence-electron chi connectivity index (χ3n) is 4.77. The summed E-state index contributed by atoms with van der Waals surface area (Å²) in [5.74, 6) is 3.18. The standard InChI is InChI=1S/C8H13O3P.C7H10/c1-10-12(9)11-8-5-6-2-3-7(8)4-6;1-2-7-4-3-6(1)5-7/h2-3,6-9H,4-5H2,1H3;1-2,6-7H,3-5H2. The van der Waals surface area contributed by atoms with E-state index < -0.39 is 8.60 Å². The van der Waals surface area contributed by atoms with Crippen LogP contribution in [0.3, 0.4) is 0 Å². The highest BCUT2D eigenvalue weighted by atomic mass is 31.2. The molecule has 6 atom stereocenters. The molecule has 106 valence electrons. The van der Waals surface area contributed by atoms with Crippen molar-refractivity contribution in [2.75, 3.05) is 7.11 Å². The molecule has 0 spiro atoms. The van der Waals surface area contributed by atoms with Crippen LogP contribution in [-0.2, 0) is 9.05 Å². The van der Waals surface area contributed by atoms with Gasteiger partial charge in [0.15, 0.2) is 0 Å². The Morgan fingerprint density at radius 1 is 0.947 bits per heavy atom. The molecule has 0 saturated heterocycles. The predicted molar refractivity (Wildman–Crippen MR) is 76.3 cm³/mol. The van der Waals surface area contributed by atoms with Gasteiger partial charge in [-0.1, -0.05) is 24.3 Å². The van der Waals surface area contributed by atoms with Gasteiger partial charge in [0.2, 0.25) is 0 Å². The van der Waals surface area contributed by atoms with Crippen LogP contribution in [0.2, 0.25) is 0 Å². The molecule has 2 fully saturated rings. The first-order valence-electron chi connectivity index (χ1n) is 7.31. The lowest BCUT2D eigenvalue weighted by molar-refractivity contribution is 0.138. The fraction of sp³-hybridized carbons (Fsp3) is 0.733. The van der Waals surface area contributed by atoms with Gasteiger partial charge in [-0.2, -0.15) is 0 Å². The molecule has 3 nitrogen and oxygen atoms in total. The van der Waals surface area contributed by atoms with E-state index in [-0.39, 0.29) is 6.10 Å². The van der Waals surface area contributed by atoms with Crippen LogP contribution < -0.4 is 0 Å². The summed E-state index contributed by atoms with van der Waals surface area (Å²) in [5.41, 5.74) is 0. The van der Waals surface area contributed by atoms with Crippen LogP contribution in [0.15, 0.2) is 24.3 Å². The summed E-state index contributed by atoms with van der Waals surface area (Å²) in [4.78, 5) is 9.14. The fourth-order valence-corrected chi connectivity index (χ4v) is 4.29. The van der Waals surface area contributed by atoms with Gasteiger partial charge >= 0.3 is 8.60 Å². The van der Waals surface area contributed by atoms with E-state index in [0.717, 1.165) is 18.3 Å². The van der Waals surface area contributed by atoms with Gasteiger partial charge in [-0.15, -0.1) is 0 Å². The van der Waals surface area contributed by atoms with E-state index in [0.29, 0.717) is 11.8 Å². The number of fused-ring (bicyclic) bond motifs is 4. The normalized spacial score (nSPS) is 42.5. The summed E-state index contributed by atoms with van der Waals surface area (Å²) in [5, 5.41) is 0. The van der Waals surface area contributed by atoms with Gasteiger partial charge in [0.25, 0.3) is 0 Å². The summed E-state index contributed by atoms with van der Waals surface area (Å²) in [6.07, 6.45) is 16.1. The van der Waals surface area contributed by atoms with E-state index in [1.165, 1.54) is 32.8 Å². The minimum atomic E-state index is -1.64. The Morgan fingerprint density at radius 3 is 2.00 bits per heavy atom. The smallest absolute Gasteiger partial charge is 0.328 e. The quantitative estimate of drug-likeness (QED) is 0.632. The molecule has 4 aliphatic carbocycles. The second-order valence-electron chi connectivity index (χ2n) is 6.06. The Balaban J connectivity index is 0.000000132. The summed E-state index contributed by atoms with van der Waals surface area (Å²) in [6, 6.07) is 0. The Labute approximate surface area is 116 Å². The molecule has 0 radical (unpaired) electrons. The van der Waals surface area contributed by atoms with Crippen molar-refractivity contribution in [3.8, 4) is 0 Å². The van der Waals surface area contributed by atoms with E-state index in [2.05, 4.69) is 24.3 Å². The SMILES string of the molecule is C1=CC2CCC1C2.COP(O)OC1CC2C=CC1C2. The first kappa shape index (κ1) is 13.8. The molecule has 4 heteroatoms. The molecule has 0 heterocycles. The van der Waals surface area contributed by atoms with Crippen LogP contribution in [0.4, 0.5) is 0 Å². The summed E-state index contributed by atoms with van der Waals surface area (Å²) >= 11 is 0. The number of rotatable bonds is 3. The fourth-order valence-electron chi connectivity index (χ4n) is 3.73. The maximum absolute atomic E-state index is 9.14. The molecule has 4 rings (SSSR count). The number of hydrogen-bond acceptors (Lipinski definition) is 3. The van der Waals surface area contributed by atoms with E-state index >= 15 is 0 Å². The molecule has 0 aliphatic heterocycles. The van der Waals surface area contributed by atoms with Crippen LogP contribution in [0, 0.1) is 23.7 Å². The van der Waals surface area contributed by atoms with E-state index in [9.17, 15) is 0 Å². The first-order chi connectivity index (χ1) is 9.24. The Bertz CT molecular complexity index is 356. The zero-order valence-electron chi connectivity index (χ0n) is 11.4. The van der Waals surface area contributed by atoms with E-state index in [4.69, 9.17) is 13.9 Å². The molecular formula is C15H23O3P. The maximum Gasteiger partial charge on any atom is 0.329 e. The number of allylic oxidation sites excluding steroid dienone is 3. The highest BCUT2D eigenvalue weighted by Gasteiger charge is 2.37. The molecular weight excluding hydrogens is 259 g/mol. The van der Waals surface area contributed by atoms with Crippen LogP contribution in [0.1, 0.15) is 32.1 Å². The zero-order chi connectivity index (χ0) is 13.2. The molecule has 6 unspecified atom stereocenters. The molecule has 2 saturated carbocycles. The maximum atomic E-state index is 9.14. The van der Waals surface area contributed by atoms with Gasteiger partial charge in [-0.25, -0.2) is 0 Å². The van der Waals surface area contributed by atoms with Gasteiger partial charge < -0.3 is 13.9 Å². The van der Waals surface area contributed by atoms with Crippen LogP contribution in [0.5, 0.6) is 0 Å². The van der Waals surface area contributed by atoms with Crippen molar-refractivity contribution in [1.82, 2.24) is 0 Å². The lowest BCUT2D eigenvalue weighted by atomic mass is 10.1. The van der Waals surface area contributed by atoms with Crippen LogP contribution >= 0.6 is 8.60 Å². The molecule has 0 amide bonds. The Morgan fingerprint density at radius 2 is 1.63 bits per heavy atom. The predicted octanol–water partition coefficient (Wildman–Crippen LogP) is 3.81. The second kappa shape index (κ2) is 6.05. The molecule has 0 aromatic carbocycles. The zero-order valence-corrected chi connectivity index (χ0v) is 12.3. The third-order valence-corrected chi connectivity index (χ3v) is 5.53. The topological polar surface area (TPSA) is 38.7 Å². The second-order valence-corrected chi connectivity index (χ2v) is 7.11. The average molecular weight is 282 g/mol. The minimum absolute atomic E-state index is 0.191. The van der Waals surface area contributed by atoms with E-state index in [1.807, 2.05) is 0 Å². The Kier molecular flexibility index (Phi) is 4.38. The van der Waals surface area contributed by atoms with Crippen molar-refractivity contribution in [2.24, 2.45) is 23.7 Å². The molecule has 0 aromatic heterocycles. The lowest BCUT2D eigenvalue weighted by Gasteiger charge is -2.19. The molecule has 4 bridgehead atoms. The van der Waals surface area contributed by atoms with Crippen molar-refractivity contribution in [1.29, 1.82) is 0 Å². The van der Waals surface area contributed by atoms with Crippen molar-refractivity contribution < 1.29 is 13.9 Å². The van der Waals surface area contributed by atoms with Crippen LogP contribution in [0.25, 0.3) is 0 Å². The summed E-state index contributed by atoms with van der Waals surface area (Å²) < 4.78 is 10.0. The molecule has 1 N–H and O–H groups in total. The monoisotopic (exact) mass is 282 g/mol. The highest BCUT2D eigenvalue weighted by Crippen LogP contribution is 2.46. The van der Waals surface area contributed by atoms with E-state index in [1.54, 1.807) is 0 Å². The van der Waals surface area contributed by atoms with Gasteiger partial charge in [-0.05, 0) is 49.9 Å². The van der Waals surface area contributed by atoms with Crippen molar-refractivity contribution >= 4 is 8.60 Å². The van der Waals surface area contributed by atoms with Crippen molar-refractivity contribution in [2.45, 2.75) is 38.2 Å². The molecule has 4 aliphatic rings. The lowest BCUT2D eigenvalue weighted by Crippen LogP contribution is -2.15. The number of hydrogen-bond donors (Lipinski definition) is 1. The first-order valence-corrected chi connectivity index (χ1v) is 8.44. The molecule has 19 heavy (non-hydrogen) atoms. The third kappa shape index (κ3) is 3.28. The minimum Gasteiger partial charge on any atom is -0.328 e. The summed E-state index contributed by atoms with van der Waals surface area (Å²) in [7, 11) is -0.168. The highest BCUT2D eigenvalue weighted by molar-refractivity contribution is 7.40. The van der Waals surface area contributed by atoms with Gasteiger partial charge in [-0.3, -0.25) is 0 Å². The van der Waals surface area contributed by atoms with Crippen molar-refractivity contribution in [3.05, 3.63) is 24.3 Å². The largest absolute Gasteiger partial charge is 0.329 e. The van der Waals surface area contributed by atoms with Crippen LogP contribution in [-0.4, -0.2) is 18.1 Å². The average Bonchev–Trinajstić information content (AvgIpc) is 3.20. The molecule has 0 aromatic rings. The Hall–Kier alpha value is -0.210. The summed E-state index contributed by atoms with van der Waals surface area (Å²) in [6.45, 7) is 0. The van der Waals surface area contributed by atoms with Gasteiger partial charge in [0.05, 0.1) is 6.10 Å². The van der Waals surface area contributed by atoms with Gasteiger partial charge in [0.1, 0.15) is 0 Å². The van der Waals surface area contributed by atoms with Gasteiger partial charge in [0, 0.05) is 13.0 Å².